The standard InChI is InChI=1S/C11H20N2O2/c1-3-5-12-6-8-13(9-7-12)10(4-2)11(14)15/h3,10H,1,4-9H2,2H3,(H,14,15). The van der Waals surface area contributed by atoms with Gasteiger partial charge in [-0.3, -0.25) is 14.6 Å². The number of carboxylic acids is 1. The van der Waals surface area contributed by atoms with Gasteiger partial charge in [0.15, 0.2) is 0 Å². The zero-order chi connectivity index (χ0) is 11.3. The van der Waals surface area contributed by atoms with Crippen LogP contribution in [0.1, 0.15) is 13.3 Å². The molecular formula is C11H20N2O2. The molecule has 0 aromatic rings. The highest BCUT2D eigenvalue weighted by atomic mass is 16.4. The van der Waals surface area contributed by atoms with Crippen LogP contribution in [0.15, 0.2) is 12.7 Å². The summed E-state index contributed by atoms with van der Waals surface area (Å²) in [4.78, 5) is 15.3. The molecule has 1 aliphatic heterocycles. The fraction of sp³-hybridized carbons (Fsp3) is 0.727. The van der Waals surface area contributed by atoms with Crippen molar-refractivity contribution in [1.29, 1.82) is 0 Å². The van der Waals surface area contributed by atoms with Gasteiger partial charge >= 0.3 is 5.97 Å². The van der Waals surface area contributed by atoms with Gasteiger partial charge in [0.1, 0.15) is 6.04 Å². The molecule has 15 heavy (non-hydrogen) atoms. The van der Waals surface area contributed by atoms with E-state index in [4.69, 9.17) is 5.11 Å². The third-order valence-electron chi connectivity index (χ3n) is 2.91. The van der Waals surface area contributed by atoms with Crippen LogP contribution in [0, 0.1) is 0 Å². The maximum Gasteiger partial charge on any atom is 0.320 e. The Hall–Kier alpha value is -0.870. The molecule has 4 nitrogen and oxygen atoms in total. The lowest BCUT2D eigenvalue weighted by molar-refractivity contribution is -0.144. The van der Waals surface area contributed by atoms with Gasteiger partial charge in [-0.25, -0.2) is 0 Å². The molecule has 86 valence electrons. The summed E-state index contributed by atoms with van der Waals surface area (Å²) >= 11 is 0. The van der Waals surface area contributed by atoms with Crippen LogP contribution in [-0.2, 0) is 4.79 Å². The molecule has 1 heterocycles. The van der Waals surface area contributed by atoms with Crippen molar-refractivity contribution in [1.82, 2.24) is 9.80 Å². The molecule has 0 spiro atoms. The topological polar surface area (TPSA) is 43.8 Å². The largest absolute Gasteiger partial charge is 0.480 e. The van der Waals surface area contributed by atoms with Gasteiger partial charge in [0.2, 0.25) is 0 Å². The normalized spacial score (nSPS) is 21.1. The van der Waals surface area contributed by atoms with Crippen molar-refractivity contribution >= 4 is 5.97 Å². The maximum absolute atomic E-state index is 11.0. The van der Waals surface area contributed by atoms with Crippen molar-refractivity contribution < 1.29 is 9.90 Å². The molecule has 1 atom stereocenters. The van der Waals surface area contributed by atoms with Crippen molar-refractivity contribution in [2.45, 2.75) is 19.4 Å². The molecule has 1 fully saturated rings. The predicted octanol–water partition coefficient (Wildman–Crippen LogP) is 0.653. The fourth-order valence-corrected chi connectivity index (χ4v) is 2.03. The highest BCUT2D eigenvalue weighted by Gasteiger charge is 2.26. The van der Waals surface area contributed by atoms with Crippen LogP contribution in [-0.4, -0.2) is 59.6 Å². The summed E-state index contributed by atoms with van der Waals surface area (Å²) < 4.78 is 0. The molecule has 1 rings (SSSR count). The van der Waals surface area contributed by atoms with E-state index < -0.39 is 5.97 Å². The Morgan fingerprint density at radius 2 is 2.07 bits per heavy atom. The number of piperazine rings is 1. The molecule has 0 amide bonds. The predicted molar refractivity (Wildman–Crippen MR) is 59.9 cm³/mol. The van der Waals surface area contributed by atoms with Gasteiger partial charge in [-0.05, 0) is 6.42 Å². The molecule has 1 N–H and O–H groups in total. The lowest BCUT2D eigenvalue weighted by atomic mass is 10.1. The number of nitrogens with zero attached hydrogens (tertiary/aromatic N) is 2. The summed E-state index contributed by atoms with van der Waals surface area (Å²) in [5.74, 6) is -0.699. The second-order valence-corrected chi connectivity index (χ2v) is 3.89. The molecule has 0 aliphatic carbocycles. The number of hydrogen-bond donors (Lipinski definition) is 1. The smallest absolute Gasteiger partial charge is 0.320 e. The summed E-state index contributed by atoms with van der Waals surface area (Å²) in [6.45, 7) is 10.1. The van der Waals surface area contributed by atoms with Gasteiger partial charge in [0, 0.05) is 32.7 Å². The summed E-state index contributed by atoms with van der Waals surface area (Å²) in [5, 5.41) is 9.02. The Labute approximate surface area is 91.2 Å². The lowest BCUT2D eigenvalue weighted by Crippen LogP contribution is -2.52. The third-order valence-corrected chi connectivity index (χ3v) is 2.91. The highest BCUT2D eigenvalue weighted by molar-refractivity contribution is 5.73. The van der Waals surface area contributed by atoms with Crippen LogP contribution in [0.5, 0.6) is 0 Å². The first-order valence-corrected chi connectivity index (χ1v) is 5.49. The van der Waals surface area contributed by atoms with Crippen molar-refractivity contribution in [2.75, 3.05) is 32.7 Å². The minimum absolute atomic E-state index is 0.309. The number of carboxylic acid groups (broad SMARTS) is 1. The van der Waals surface area contributed by atoms with E-state index in [1.807, 2.05) is 13.0 Å². The molecule has 0 aromatic carbocycles. The summed E-state index contributed by atoms with van der Waals surface area (Å²) in [6.07, 6.45) is 2.57. The minimum Gasteiger partial charge on any atom is -0.480 e. The van der Waals surface area contributed by atoms with E-state index >= 15 is 0 Å². The third kappa shape index (κ3) is 3.32. The first kappa shape index (κ1) is 12.2. The van der Waals surface area contributed by atoms with Crippen LogP contribution in [0.25, 0.3) is 0 Å². The van der Waals surface area contributed by atoms with Gasteiger partial charge in [-0.1, -0.05) is 13.0 Å². The summed E-state index contributed by atoms with van der Waals surface area (Å²) in [7, 11) is 0. The number of aliphatic carboxylic acids is 1. The average molecular weight is 212 g/mol. The van der Waals surface area contributed by atoms with Crippen LogP contribution in [0.4, 0.5) is 0 Å². The van der Waals surface area contributed by atoms with Crippen LogP contribution in [0.2, 0.25) is 0 Å². The van der Waals surface area contributed by atoms with Crippen LogP contribution in [0.3, 0.4) is 0 Å². The fourth-order valence-electron chi connectivity index (χ4n) is 2.03. The molecular weight excluding hydrogens is 192 g/mol. The van der Waals surface area contributed by atoms with E-state index in [0.29, 0.717) is 6.42 Å². The lowest BCUT2D eigenvalue weighted by Gasteiger charge is -2.36. The van der Waals surface area contributed by atoms with Gasteiger partial charge < -0.3 is 5.11 Å². The Morgan fingerprint density at radius 1 is 1.47 bits per heavy atom. The quantitative estimate of drug-likeness (QED) is 0.680. The second-order valence-electron chi connectivity index (χ2n) is 3.89. The molecule has 0 aromatic heterocycles. The van der Waals surface area contributed by atoms with Gasteiger partial charge in [-0.15, -0.1) is 6.58 Å². The monoisotopic (exact) mass is 212 g/mol. The highest BCUT2D eigenvalue weighted by Crippen LogP contribution is 2.09. The van der Waals surface area contributed by atoms with Crippen molar-refractivity contribution in [3.8, 4) is 0 Å². The maximum atomic E-state index is 11.0. The molecule has 0 saturated carbocycles. The second kappa shape index (κ2) is 5.88. The number of carbonyl (C=O) groups is 1. The average Bonchev–Trinajstić information content (AvgIpc) is 2.21. The van der Waals surface area contributed by atoms with E-state index in [0.717, 1.165) is 32.7 Å². The Balaban J connectivity index is 2.41. The first-order valence-electron chi connectivity index (χ1n) is 5.49. The van der Waals surface area contributed by atoms with E-state index in [2.05, 4.69) is 16.4 Å². The van der Waals surface area contributed by atoms with Crippen LogP contribution >= 0.6 is 0 Å². The number of hydrogen-bond acceptors (Lipinski definition) is 3. The summed E-state index contributed by atoms with van der Waals surface area (Å²) in [5.41, 5.74) is 0. The molecule has 0 bridgehead atoms. The zero-order valence-corrected chi connectivity index (χ0v) is 9.35. The van der Waals surface area contributed by atoms with Gasteiger partial charge in [0.25, 0.3) is 0 Å². The first-order chi connectivity index (χ1) is 7.19. The SMILES string of the molecule is C=CCN1CCN(C(CC)C(=O)O)CC1. The Kier molecular flexibility index (Phi) is 4.78. The van der Waals surface area contributed by atoms with Gasteiger partial charge in [-0.2, -0.15) is 0 Å². The van der Waals surface area contributed by atoms with Gasteiger partial charge in [0.05, 0.1) is 0 Å². The molecule has 0 radical (unpaired) electrons. The Morgan fingerprint density at radius 3 is 2.47 bits per heavy atom. The van der Waals surface area contributed by atoms with Crippen molar-refractivity contribution in [2.24, 2.45) is 0 Å². The molecule has 1 saturated heterocycles. The molecule has 1 unspecified atom stereocenters. The van der Waals surface area contributed by atoms with E-state index in [9.17, 15) is 4.79 Å². The number of rotatable bonds is 5. The van der Waals surface area contributed by atoms with Crippen molar-refractivity contribution in [3.05, 3.63) is 12.7 Å². The van der Waals surface area contributed by atoms with Crippen LogP contribution < -0.4 is 0 Å². The van der Waals surface area contributed by atoms with E-state index in [1.54, 1.807) is 0 Å². The minimum atomic E-state index is -0.699. The molecule has 4 heteroatoms. The van der Waals surface area contributed by atoms with E-state index in [1.165, 1.54) is 0 Å². The Bertz CT molecular complexity index is 223. The zero-order valence-electron chi connectivity index (χ0n) is 9.35. The summed E-state index contributed by atoms with van der Waals surface area (Å²) in [6, 6.07) is -0.309. The van der Waals surface area contributed by atoms with E-state index in [-0.39, 0.29) is 6.04 Å². The molecule has 1 aliphatic rings. The van der Waals surface area contributed by atoms with Crippen molar-refractivity contribution in [3.63, 3.8) is 0 Å².